The van der Waals surface area contributed by atoms with Crippen LogP contribution >= 0.6 is 0 Å². The van der Waals surface area contributed by atoms with Crippen molar-refractivity contribution in [2.75, 3.05) is 20.8 Å². The van der Waals surface area contributed by atoms with Crippen molar-refractivity contribution in [3.05, 3.63) is 29.8 Å². The van der Waals surface area contributed by atoms with Crippen LogP contribution in [-0.2, 0) is 5.41 Å². The van der Waals surface area contributed by atoms with E-state index < -0.39 is 0 Å². The normalized spacial score (nSPS) is 24.8. The lowest BCUT2D eigenvalue weighted by molar-refractivity contribution is 0.278. The monoisotopic (exact) mass is 246 g/mol. The van der Waals surface area contributed by atoms with Crippen LogP contribution in [0.2, 0.25) is 0 Å². The van der Waals surface area contributed by atoms with Crippen LogP contribution in [0.5, 0.6) is 17.2 Å². The number of hydrogen-bond acceptors (Lipinski definition) is 3. The predicted octanol–water partition coefficient (Wildman–Crippen LogP) is 3.07. The molecule has 1 spiro atoms. The Hall–Kier alpha value is -1.64. The van der Waals surface area contributed by atoms with E-state index in [1.165, 1.54) is 12.0 Å². The fourth-order valence-corrected chi connectivity index (χ4v) is 2.98. The third-order valence-corrected chi connectivity index (χ3v) is 3.91. The summed E-state index contributed by atoms with van der Waals surface area (Å²) in [6, 6.07) is 3.90. The smallest absolute Gasteiger partial charge is 0.130 e. The minimum absolute atomic E-state index is 0.00516. The van der Waals surface area contributed by atoms with Gasteiger partial charge in [-0.15, -0.1) is 0 Å². The van der Waals surface area contributed by atoms with E-state index in [-0.39, 0.29) is 5.41 Å². The van der Waals surface area contributed by atoms with Crippen molar-refractivity contribution in [3.63, 3.8) is 0 Å². The second kappa shape index (κ2) is 4.23. The lowest BCUT2D eigenvalue weighted by Gasteiger charge is -2.28. The van der Waals surface area contributed by atoms with Gasteiger partial charge >= 0.3 is 0 Å². The Morgan fingerprint density at radius 3 is 2.78 bits per heavy atom. The topological polar surface area (TPSA) is 27.7 Å². The summed E-state index contributed by atoms with van der Waals surface area (Å²) in [6.45, 7) is 0.711. The summed E-state index contributed by atoms with van der Waals surface area (Å²) >= 11 is 0. The standard InChI is InChI=1S/C15H18O3/c1-16-11-8-12(17-2)14-13(9-11)18-10-15(14)6-4-3-5-7-15/h4,6,8-9H,3,5,7,10H2,1-2H3. The molecule has 0 aromatic heterocycles. The fourth-order valence-electron chi connectivity index (χ4n) is 2.98. The number of fused-ring (bicyclic) bond motifs is 2. The van der Waals surface area contributed by atoms with E-state index in [1.807, 2.05) is 12.1 Å². The van der Waals surface area contributed by atoms with Crippen LogP contribution in [0.15, 0.2) is 24.3 Å². The van der Waals surface area contributed by atoms with Gasteiger partial charge in [-0.25, -0.2) is 0 Å². The van der Waals surface area contributed by atoms with Gasteiger partial charge in [-0.2, -0.15) is 0 Å². The quantitative estimate of drug-likeness (QED) is 0.751. The van der Waals surface area contributed by atoms with Crippen LogP contribution in [0.1, 0.15) is 24.8 Å². The molecular weight excluding hydrogens is 228 g/mol. The molecule has 0 saturated carbocycles. The average molecular weight is 246 g/mol. The van der Waals surface area contributed by atoms with Gasteiger partial charge in [-0.3, -0.25) is 0 Å². The van der Waals surface area contributed by atoms with E-state index in [9.17, 15) is 0 Å². The second-order valence-electron chi connectivity index (χ2n) is 4.94. The molecule has 0 radical (unpaired) electrons. The summed E-state index contributed by atoms with van der Waals surface area (Å²) in [5.41, 5.74) is 1.19. The van der Waals surface area contributed by atoms with Gasteiger partial charge in [0.2, 0.25) is 0 Å². The maximum Gasteiger partial charge on any atom is 0.130 e. The zero-order chi connectivity index (χ0) is 12.6. The van der Waals surface area contributed by atoms with Crippen molar-refractivity contribution in [2.45, 2.75) is 24.7 Å². The van der Waals surface area contributed by atoms with Crippen molar-refractivity contribution in [2.24, 2.45) is 0 Å². The molecule has 0 fully saturated rings. The van der Waals surface area contributed by atoms with Gasteiger partial charge in [0.15, 0.2) is 0 Å². The van der Waals surface area contributed by atoms with Crippen molar-refractivity contribution in [3.8, 4) is 17.2 Å². The lowest BCUT2D eigenvalue weighted by atomic mass is 9.74. The van der Waals surface area contributed by atoms with Crippen LogP contribution in [0.4, 0.5) is 0 Å². The highest BCUT2D eigenvalue weighted by Gasteiger charge is 2.42. The van der Waals surface area contributed by atoms with E-state index in [0.29, 0.717) is 6.61 Å². The highest BCUT2D eigenvalue weighted by molar-refractivity contribution is 5.59. The zero-order valence-electron chi connectivity index (χ0n) is 10.9. The van der Waals surface area contributed by atoms with Gasteiger partial charge in [-0.1, -0.05) is 12.2 Å². The van der Waals surface area contributed by atoms with Crippen LogP contribution < -0.4 is 14.2 Å². The molecule has 0 amide bonds. The van der Waals surface area contributed by atoms with Gasteiger partial charge in [0.25, 0.3) is 0 Å². The van der Waals surface area contributed by atoms with Crippen LogP contribution in [0, 0.1) is 0 Å². The number of rotatable bonds is 2. The van der Waals surface area contributed by atoms with E-state index in [0.717, 1.165) is 30.1 Å². The Bertz CT molecular complexity index is 493. The number of hydrogen-bond donors (Lipinski definition) is 0. The Labute approximate surface area is 107 Å². The molecule has 2 aliphatic rings. The van der Waals surface area contributed by atoms with Gasteiger partial charge in [0.05, 0.1) is 19.6 Å². The number of methoxy groups -OCH3 is 2. The highest BCUT2D eigenvalue weighted by atomic mass is 16.5. The first kappa shape index (κ1) is 11.5. The van der Waals surface area contributed by atoms with Crippen molar-refractivity contribution >= 4 is 0 Å². The molecule has 3 heteroatoms. The Morgan fingerprint density at radius 2 is 2.11 bits per heavy atom. The molecule has 1 aliphatic heterocycles. The van der Waals surface area contributed by atoms with Gasteiger partial charge < -0.3 is 14.2 Å². The SMILES string of the molecule is COc1cc(OC)c2c(c1)OCC21C=CCCC1. The first-order chi connectivity index (χ1) is 8.79. The Balaban J connectivity index is 2.15. The summed E-state index contributed by atoms with van der Waals surface area (Å²) in [4.78, 5) is 0. The molecule has 3 nitrogen and oxygen atoms in total. The molecule has 0 bridgehead atoms. The van der Waals surface area contributed by atoms with E-state index in [2.05, 4.69) is 12.2 Å². The van der Waals surface area contributed by atoms with E-state index in [4.69, 9.17) is 14.2 Å². The van der Waals surface area contributed by atoms with Gasteiger partial charge in [-0.05, 0) is 19.3 Å². The Kier molecular flexibility index (Phi) is 2.69. The molecule has 3 rings (SSSR count). The summed E-state index contributed by atoms with van der Waals surface area (Å²) in [5.74, 6) is 2.55. The molecule has 1 aromatic rings. The van der Waals surface area contributed by atoms with Crippen molar-refractivity contribution in [1.82, 2.24) is 0 Å². The summed E-state index contributed by atoms with van der Waals surface area (Å²) in [6.07, 6.45) is 8.03. The van der Waals surface area contributed by atoms with Gasteiger partial charge in [0, 0.05) is 17.7 Å². The molecule has 1 aliphatic carbocycles. The molecule has 18 heavy (non-hydrogen) atoms. The Morgan fingerprint density at radius 1 is 1.22 bits per heavy atom. The first-order valence-electron chi connectivity index (χ1n) is 6.36. The van der Waals surface area contributed by atoms with Crippen LogP contribution in [0.3, 0.4) is 0 Å². The summed E-state index contributed by atoms with van der Waals surface area (Å²) in [7, 11) is 3.36. The van der Waals surface area contributed by atoms with Crippen molar-refractivity contribution < 1.29 is 14.2 Å². The molecule has 96 valence electrons. The molecular formula is C15H18O3. The maximum atomic E-state index is 5.87. The van der Waals surface area contributed by atoms with Crippen molar-refractivity contribution in [1.29, 1.82) is 0 Å². The minimum Gasteiger partial charge on any atom is -0.496 e. The molecule has 0 N–H and O–H groups in total. The van der Waals surface area contributed by atoms with Crippen LogP contribution in [-0.4, -0.2) is 20.8 Å². The first-order valence-corrected chi connectivity index (χ1v) is 6.36. The molecule has 1 atom stereocenters. The third kappa shape index (κ3) is 1.57. The zero-order valence-corrected chi connectivity index (χ0v) is 10.9. The molecule has 1 unspecified atom stereocenters. The number of ether oxygens (including phenoxy) is 3. The molecule has 0 saturated heterocycles. The number of allylic oxidation sites excluding steroid dienone is 1. The largest absolute Gasteiger partial charge is 0.496 e. The number of benzene rings is 1. The van der Waals surface area contributed by atoms with Crippen LogP contribution in [0.25, 0.3) is 0 Å². The molecule has 1 heterocycles. The van der Waals surface area contributed by atoms with Gasteiger partial charge in [0.1, 0.15) is 23.9 Å². The average Bonchev–Trinajstić information content (AvgIpc) is 2.77. The molecule has 1 aromatic carbocycles. The lowest BCUT2D eigenvalue weighted by Crippen LogP contribution is -2.27. The minimum atomic E-state index is 0.00516. The maximum absolute atomic E-state index is 5.87. The fraction of sp³-hybridized carbons (Fsp3) is 0.467. The van der Waals surface area contributed by atoms with E-state index >= 15 is 0 Å². The second-order valence-corrected chi connectivity index (χ2v) is 4.94. The highest BCUT2D eigenvalue weighted by Crippen LogP contribution is 2.50. The predicted molar refractivity (Wildman–Crippen MR) is 69.7 cm³/mol. The van der Waals surface area contributed by atoms with E-state index in [1.54, 1.807) is 14.2 Å². The summed E-state index contributed by atoms with van der Waals surface area (Å²) in [5, 5.41) is 0. The summed E-state index contributed by atoms with van der Waals surface area (Å²) < 4.78 is 16.7. The third-order valence-electron chi connectivity index (χ3n) is 3.91.